The Hall–Kier alpha value is -1.91. The molecule has 1 N–H and O–H groups in total. The Morgan fingerprint density at radius 3 is 2.24 bits per heavy atom. The largest absolute Gasteiger partial charge is 0.356 e. The van der Waals surface area contributed by atoms with Gasteiger partial charge < -0.3 is 20.0 Å². The van der Waals surface area contributed by atoms with E-state index >= 15 is 0 Å². The van der Waals surface area contributed by atoms with E-state index in [1.165, 1.54) is 51.1 Å². The zero-order chi connectivity index (χ0) is 22.7. The minimum atomic E-state index is 0. The highest BCUT2D eigenvalue weighted by Crippen LogP contribution is 2.13. The molecule has 0 unspecified atom stereocenters. The number of nitrogens with zero attached hydrogens (tertiary/aromatic N) is 6. The van der Waals surface area contributed by atoms with E-state index < -0.39 is 0 Å². The highest BCUT2D eigenvalue weighted by molar-refractivity contribution is 14.0. The maximum absolute atomic E-state index is 4.52. The van der Waals surface area contributed by atoms with E-state index in [2.05, 4.69) is 77.4 Å². The van der Waals surface area contributed by atoms with Gasteiger partial charge in [0, 0.05) is 78.7 Å². The lowest BCUT2D eigenvalue weighted by molar-refractivity contribution is 0.126. The molecule has 34 heavy (non-hydrogen) atoms. The summed E-state index contributed by atoms with van der Waals surface area (Å²) in [6, 6.07) is 16.9. The number of hydrogen-bond donors (Lipinski definition) is 1. The van der Waals surface area contributed by atoms with Crippen molar-refractivity contribution in [3.8, 4) is 0 Å². The Bertz CT molecular complexity index is 833. The van der Waals surface area contributed by atoms with Gasteiger partial charge in [0.05, 0.1) is 0 Å². The fraction of sp³-hybridized carbons (Fsp3) is 0.538. The standard InChI is InChI=1S/C26H39N7.HI/c1-27-26(33-21-19-32(20-22-33)25-11-5-6-12-28-25)29-13-7-8-14-30-15-17-31(18-16-30)23-24-9-3-2-4-10-24;/h2-6,9-12H,7-8,13-23H2,1H3,(H,27,29);1H. The third kappa shape index (κ3) is 8.09. The molecule has 1 aromatic heterocycles. The minimum absolute atomic E-state index is 0. The van der Waals surface area contributed by atoms with Crippen LogP contribution >= 0.6 is 24.0 Å². The lowest BCUT2D eigenvalue weighted by Crippen LogP contribution is -2.52. The number of benzene rings is 1. The van der Waals surface area contributed by atoms with Crippen molar-refractivity contribution < 1.29 is 0 Å². The highest BCUT2D eigenvalue weighted by atomic mass is 127. The summed E-state index contributed by atoms with van der Waals surface area (Å²) in [5.74, 6) is 2.10. The number of nitrogens with one attached hydrogen (secondary N) is 1. The molecule has 1 aromatic carbocycles. The van der Waals surface area contributed by atoms with Crippen molar-refractivity contribution in [2.45, 2.75) is 19.4 Å². The van der Waals surface area contributed by atoms with Gasteiger partial charge in [-0.15, -0.1) is 24.0 Å². The average Bonchev–Trinajstić information content (AvgIpc) is 2.88. The second-order valence-corrected chi connectivity index (χ2v) is 8.95. The molecule has 0 atom stereocenters. The average molecular weight is 578 g/mol. The molecular formula is C26H40IN7. The number of aliphatic imine (C=N–C) groups is 1. The molecule has 2 aliphatic rings. The van der Waals surface area contributed by atoms with E-state index in [1.807, 2.05) is 19.3 Å². The Balaban J connectivity index is 0.00000324. The quantitative estimate of drug-likeness (QED) is 0.226. The van der Waals surface area contributed by atoms with Crippen molar-refractivity contribution in [2.24, 2.45) is 4.99 Å². The number of pyridine rings is 1. The number of guanidine groups is 1. The summed E-state index contributed by atoms with van der Waals surface area (Å²) in [5.41, 5.74) is 1.42. The van der Waals surface area contributed by atoms with Crippen molar-refractivity contribution in [3.05, 3.63) is 60.3 Å². The lowest BCUT2D eigenvalue weighted by Gasteiger charge is -2.37. The van der Waals surface area contributed by atoms with Crippen molar-refractivity contribution in [1.29, 1.82) is 0 Å². The van der Waals surface area contributed by atoms with E-state index in [9.17, 15) is 0 Å². The van der Waals surface area contributed by atoms with Crippen LogP contribution in [0.4, 0.5) is 5.82 Å². The zero-order valence-corrected chi connectivity index (χ0v) is 22.8. The molecule has 2 aliphatic heterocycles. The van der Waals surface area contributed by atoms with Crippen molar-refractivity contribution >= 4 is 35.8 Å². The Morgan fingerprint density at radius 1 is 0.853 bits per heavy atom. The van der Waals surface area contributed by atoms with Crippen LogP contribution in [0.1, 0.15) is 18.4 Å². The first-order valence-corrected chi connectivity index (χ1v) is 12.4. The van der Waals surface area contributed by atoms with Crippen LogP contribution in [-0.2, 0) is 6.54 Å². The maximum atomic E-state index is 4.52. The summed E-state index contributed by atoms with van der Waals surface area (Å²) in [4.78, 5) is 18.9. The van der Waals surface area contributed by atoms with E-state index in [1.54, 1.807) is 0 Å². The van der Waals surface area contributed by atoms with Gasteiger partial charge in [-0.05, 0) is 37.1 Å². The Kier molecular flexibility index (Phi) is 11.4. The number of anilines is 1. The molecule has 0 saturated carbocycles. The van der Waals surface area contributed by atoms with E-state index in [0.717, 1.165) is 51.0 Å². The SMILES string of the molecule is CN=C(NCCCCN1CCN(Cc2ccccc2)CC1)N1CCN(c2ccccn2)CC1.I. The fourth-order valence-corrected chi connectivity index (χ4v) is 4.69. The maximum Gasteiger partial charge on any atom is 0.193 e. The van der Waals surface area contributed by atoms with Gasteiger partial charge in [-0.2, -0.15) is 0 Å². The lowest BCUT2D eigenvalue weighted by atomic mass is 10.2. The first-order chi connectivity index (χ1) is 16.3. The van der Waals surface area contributed by atoms with Crippen LogP contribution < -0.4 is 10.2 Å². The number of hydrogen-bond acceptors (Lipinski definition) is 5. The predicted molar refractivity (Wildman–Crippen MR) is 152 cm³/mol. The van der Waals surface area contributed by atoms with E-state index in [-0.39, 0.29) is 24.0 Å². The van der Waals surface area contributed by atoms with Crippen LogP contribution in [0.2, 0.25) is 0 Å². The van der Waals surface area contributed by atoms with Crippen LogP contribution in [0.25, 0.3) is 0 Å². The molecule has 0 bridgehead atoms. The second kappa shape index (κ2) is 14.5. The van der Waals surface area contributed by atoms with Gasteiger partial charge in [0.1, 0.15) is 5.82 Å². The molecule has 7 nitrogen and oxygen atoms in total. The van der Waals surface area contributed by atoms with Gasteiger partial charge in [0.2, 0.25) is 0 Å². The zero-order valence-electron chi connectivity index (χ0n) is 20.5. The number of aromatic nitrogens is 1. The number of unbranched alkanes of at least 4 members (excludes halogenated alkanes) is 1. The molecule has 0 spiro atoms. The number of halogens is 1. The minimum Gasteiger partial charge on any atom is -0.356 e. The second-order valence-electron chi connectivity index (χ2n) is 8.95. The Morgan fingerprint density at radius 2 is 1.56 bits per heavy atom. The molecule has 0 radical (unpaired) electrons. The van der Waals surface area contributed by atoms with Gasteiger partial charge in [-0.1, -0.05) is 36.4 Å². The van der Waals surface area contributed by atoms with E-state index in [4.69, 9.17) is 0 Å². The summed E-state index contributed by atoms with van der Waals surface area (Å²) in [6.45, 7) is 11.9. The fourth-order valence-electron chi connectivity index (χ4n) is 4.69. The van der Waals surface area contributed by atoms with Crippen LogP contribution in [0.15, 0.2) is 59.7 Å². The first kappa shape index (κ1) is 26.7. The molecule has 8 heteroatoms. The first-order valence-electron chi connectivity index (χ1n) is 12.4. The molecule has 2 saturated heterocycles. The van der Waals surface area contributed by atoms with Crippen LogP contribution in [0.3, 0.4) is 0 Å². The molecule has 3 heterocycles. The molecule has 2 fully saturated rings. The van der Waals surface area contributed by atoms with Crippen molar-refractivity contribution in [1.82, 2.24) is 25.0 Å². The van der Waals surface area contributed by atoms with Crippen molar-refractivity contribution in [3.63, 3.8) is 0 Å². The monoisotopic (exact) mass is 577 g/mol. The van der Waals surface area contributed by atoms with Gasteiger partial charge in [-0.3, -0.25) is 9.89 Å². The third-order valence-electron chi connectivity index (χ3n) is 6.66. The summed E-state index contributed by atoms with van der Waals surface area (Å²) in [6.07, 6.45) is 4.28. The summed E-state index contributed by atoms with van der Waals surface area (Å²) in [5, 5.41) is 3.58. The topological polar surface area (TPSA) is 50.2 Å². The normalized spacial score (nSPS) is 18.0. The molecule has 4 rings (SSSR count). The van der Waals surface area contributed by atoms with Gasteiger partial charge in [0.25, 0.3) is 0 Å². The van der Waals surface area contributed by atoms with Gasteiger partial charge in [0.15, 0.2) is 5.96 Å². The molecule has 0 amide bonds. The third-order valence-corrected chi connectivity index (χ3v) is 6.66. The van der Waals surface area contributed by atoms with E-state index in [0.29, 0.717) is 0 Å². The summed E-state index contributed by atoms with van der Waals surface area (Å²) < 4.78 is 0. The molecule has 0 aliphatic carbocycles. The summed E-state index contributed by atoms with van der Waals surface area (Å²) in [7, 11) is 1.89. The van der Waals surface area contributed by atoms with Crippen LogP contribution in [0.5, 0.6) is 0 Å². The molecular weight excluding hydrogens is 537 g/mol. The predicted octanol–water partition coefficient (Wildman–Crippen LogP) is 3.00. The van der Waals surface area contributed by atoms with Crippen LogP contribution in [0, 0.1) is 0 Å². The van der Waals surface area contributed by atoms with Crippen LogP contribution in [-0.4, -0.2) is 98.1 Å². The number of piperazine rings is 2. The Labute approximate surface area is 222 Å². The summed E-state index contributed by atoms with van der Waals surface area (Å²) >= 11 is 0. The highest BCUT2D eigenvalue weighted by Gasteiger charge is 2.20. The number of rotatable bonds is 8. The van der Waals surface area contributed by atoms with Gasteiger partial charge in [-0.25, -0.2) is 4.98 Å². The molecule has 2 aromatic rings. The smallest absolute Gasteiger partial charge is 0.193 e. The van der Waals surface area contributed by atoms with Crippen molar-refractivity contribution in [2.75, 3.05) is 77.4 Å². The molecule has 186 valence electrons. The van der Waals surface area contributed by atoms with Gasteiger partial charge >= 0.3 is 0 Å².